The minimum atomic E-state index is -0.624. The van der Waals surface area contributed by atoms with Gasteiger partial charge in [-0.05, 0) is 33.6 Å². The fourth-order valence-electron chi connectivity index (χ4n) is 2.96. The van der Waals surface area contributed by atoms with Gasteiger partial charge < -0.3 is 15.4 Å². The quantitative estimate of drug-likeness (QED) is 0.538. The summed E-state index contributed by atoms with van der Waals surface area (Å²) >= 11 is 6.52. The number of hydrogen-bond donors (Lipinski definition) is 2. The number of hydrogen-bond acceptors (Lipinski definition) is 4. The van der Waals surface area contributed by atoms with Crippen molar-refractivity contribution in [2.75, 3.05) is 19.0 Å². The van der Waals surface area contributed by atoms with E-state index >= 15 is 0 Å². The third-order valence-corrected chi connectivity index (χ3v) is 5.18. The van der Waals surface area contributed by atoms with Gasteiger partial charge in [0.15, 0.2) is 0 Å². The number of allylic oxidation sites excluding steroid dienone is 1. The molecule has 2 aliphatic heterocycles. The van der Waals surface area contributed by atoms with Crippen LogP contribution in [0.4, 0.5) is 4.39 Å². The first kappa shape index (κ1) is 17.2. The molecule has 0 aromatic heterocycles. The highest BCUT2D eigenvalue weighted by atomic mass is 79.9. The highest BCUT2D eigenvalue weighted by Gasteiger charge is 2.41. The van der Waals surface area contributed by atoms with Crippen molar-refractivity contribution in [1.82, 2.24) is 10.6 Å². The molecule has 8 heteroatoms. The van der Waals surface area contributed by atoms with Crippen LogP contribution >= 0.6 is 31.9 Å². The molecular weight excluding hydrogens is 447 g/mol. The van der Waals surface area contributed by atoms with E-state index in [0.717, 1.165) is 0 Å². The molecule has 1 atom stereocenters. The van der Waals surface area contributed by atoms with Crippen LogP contribution < -0.4 is 10.6 Å². The highest BCUT2D eigenvalue weighted by Crippen LogP contribution is 2.41. The van der Waals surface area contributed by atoms with Gasteiger partial charge >= 0.3 is 5.97 Å². The molecule has 5 nitrogen and oxygen atoms in total. The normalized spacial score (nSPS) is 19.8. The number of ether oxygens (including phenoxy) is 1. The Kier molecular flexibility index (Phi) is 4.78. The fourth-order valence-corrected chi connectivity index (χ4v) is 3.80. The number of rotatable bonds is 3. The summed E-state index contributed by atoms with van der Waals surface area (Å²) in [6.45, 7) is 0.359. The molecule has 24 heavy (non-hydrogen) atoms. The molecule has 0 fully saturated rings. The van der Waals surface area contributed by atoms with Gasteiger partial charge in [0.1, 0.15) is 5.82 Å². The first-order valence-corrected chi connectivity index (χ1v) is 9.00. The van der Waals surface area contributed by atoms with Crippen LogP contribution in [0, 0.1) is 5.82 Å². The molecule has 1 aromatic carbocycles. The summed E-state index contributed by atoms with van der Waals surface area (Å²) in [6, 6.07) is 4.45. The second-order valence-corrected chi connectivity index (χ2v) is 6.74. The monoisotopic (exact) mass is 458 g/mol. The third kappa shape index (κ3) is 2.77. The van der Waals surface area contributed by atoms with Gasteiger partial charge in [-0.3, -0.25) is 4.79 Å². The maximum atomic E-state index is 13.6. The Balaban J connectivity index is 2.22. The van der Waals surface area contributed by atoms with Gasteiger partial charge in [0.2, 0.25) is 5.91 Å². The van der Waals surface area contributed by atoms with Gasteiger partial charge in [-0.25, -0.2) is 9.18 Å². The number of nitrogens with one attached hydrogen (secondary N) is 2. The number of alkyl halides is 1. The number of benzene rings is 1. The summed E-state index contributed by atoms with van der Waals surface area (Å²) in [5, 5.41) is 6.27. The van der Waals surface area contributed by atoms with Crippen molar-refractivity contribution in [3.8, 4) is 0 Å². The zero-order chi connectivity index (χ0) is 17.4. The Bertz CT molecular complexity index is 805. The fraction of sp³-hybridized carbons (Fsp3) is 0.250. The van der Waals surface area contributed by atoms with Crippen LogP contribution in [-0.2, 0) is 14.3 Å². The van der Waals surface area contributed by atoms with Gasteiger partial charge in [0, 0.05) is 16.7 Å². The molecule has 0 radical (unpaired) electrons. The maximum Gasteiger partial charge on any atom is 0.336 e. The predicted octanol–water partition coefficient (Wildman–Crippen LogP) is 2.48. The van der Waals surface area contributed by atoms with Crippen LogP contribution in [0.3, 0.4) is 0 Å². The van der Waals surface area contributed by atoms with Crippen LogP contribution in [0.2, 0.25) is 0 Å². The first-order valence-electron chi connectivity index (χ1n) is 7.08. The van der Waals surface area contributed by atoms with Crippen molar-refractivity contribution >= 4 is 43.7 Å². The Labute approximate surface area is 154 Å². The van der Waals surface area contributed by atoms with Crippen molar-refractivity contribution in [2.45, 2.75) is 5.92 Å². The van der Waals surface area contributed by atoms with E-state index < -0.39 is 17.7 Å². The van der Waals surface area contributed by atoms with Crippen molar-refractivity contribution in [2.24, 2.45) is 0 Å². The van der Waals surface area contributed by atoms with Crippen molar-refractivity contribution in [1.29, 1.82) is 0 Å². The second-order valence-electron chi connectivity index (χ2n) is 5.32. The standard InChI is InChI=1S/C16H13Br2FN2O3/c1-24-16(23)14-10(5-17)21-11-6-20-15(22)13(11)12(14)7-2-3-9(19)8(18)4-7/h2-4,12,21H,5-6H2,1H3,(H,20,22). The molecule has 1 aromatic rings. The Morgan fingerprint density at radius 3 is 2.83 bits per heavy atom. The number of dihydropyridines is 1. The van der Waals surface area contributed by atoms with E-state index in [1.807, 2.05) is 0 Å². The third-order valence-electron chi connectivity index (χ3n) is 4.02. The smallest absolute Gasteiger partial charge is 0.336 e. The van der Waals surface area contributed by atoms with Crippen LogP contribution in [0.15, 0.2) is 45.2 Å². The second kappa shape index (κ2) is 6.68. The molecule has 0 spiro atoms. The average molecular weight is 460 g/mol. The van der Waals surface area contributed by atoms with Crippen molar-refractivity contribution < 1.29 is 18.7 Å². The highest BCUT2D eigenvalue weighted by molar-refractivity contribution is 9.10. The molecule has 0 bridgehead atoms. The van der Waals surface area contributed by atoms with Gasteiger partial charge in [-0.2, -0.15) is 0 Å². The van der Waals surface area contributed by atoms with Gasteiger partial charge in [0.25, 0.3) is 0 Å². The summed E-state index contributed by atoms with van der Waals surface area (Å²) in [6.07, 6.45) is 0. The summed E-state index contributed by atoms with van der Waals surface area (Å²) in [5.74, 6) is -1.82. The van der Waals surface area contributed by atoms with Crippen LogP contribution in [0.25, 0.3) is 0 Å². The molecule has 0 saturated heterocycles. The first-order chi connectivity index (χ1) is 11.5. The lowest BCUT2D eigenvalue weighted by Crippen LogP contribution is -2.31. The lowest BCUT2D eigenvalue weighted by atomic mass is 9.81. The zero-order valence-electron chi connectivity index (χ0n) is 12.6. The number of halogens is 3. The van der Waals surface area contributed by atoms with E-state index in [0.29, 0.717) is 40.0 Å². The number of carbonyl (C=O) groups is 2. The summed E-state index contributed by atoms with van der Waals surface area (Å²) in [4.78, 5) is 24.7. The van der Waals surface area contributed by atoms with E-state index in [-0.39, 0.29) is 10.4 Å². The molecule has 1 unspecified atom stereocenters. The molecule has 126 valence electrons. The van der Waals surface area contributed by atoms with E-state index in [4.69, 9.17) is 4.74 Å². The van der Waals surface area contributed by atoms with E-state index in [9.17, 15) is 14.0 Å². The summed E-state index contributed by atoms with van der Waals surface area (Å²) < 4.78 is 18.8. The number of methoxy groups -OCH3 is 1. The molecule has 0 saturated carbocycles. The van der Waals surface area contributed by atoms with E-state index in [1.54, 1.807) is 12.1 Å². The van der Waals surface area contributed by atoms with Crippen molar-refractivity contribution in [3.63, 3.8) is 0 Å². The van der Waals surface area contributed by atoms with E-state index in [1.165, 1.54) is 13.2 Å². The maximum absolute atomic E-state index is 13.6. The number of carbonyl (C=O) groups excluding carboxylic acids is 2. The Morgan fingerprint density at radius 2 is 2.21 bits per heavy atom. The lowest BCUT2D eigenvalue weighted by Gasteiger charge is -2.28. The topological polar surface area (TPSA) is 67.4 Å². The molecule has 0 aliphatic carbocycles. The SMILES string of the molecule is COC(=O)C1=C(CBr)NC2=C(C(=O)NC2)C1c1ccc(F)c(Br)c1. The minimum absolute atomic E-state index is 0.252. The van der Waals surface area contributed by atoms with E-state index in [2.05, 4.69) is 42.5 Å². The summed E-state index contributed by atoms with van der Waals surface area (Å²) in [5.41, 5.74) is 2.77. The average Bonchev–Trinajstić information content (AvgIpc) is 2.96. The lowest BCUT2D eigenvalue weighted by molar-refractivity contribution is -0.136. The van der Waals surface area contributed by atoms with Gasteiger partial charge in [-0.15, -0.1) is 0 Å². The molecule has 3 rings (SSSR count). The van der Waals surface area contributed by atoms with Crippen LogP contribution in [0.1, 0.15) is 11.5 Å². The molecular formula is C16H13Br2FN2O3. The number of amides is 1. The predicted molar refractivity (Wildman–Crippen MR) is 92.8 cm³/mol. The minimum Gasteiger partial charge on any atom is -0.466 e. The molecule has 2 heterocycles. The molecule has 2 aliphatic rings. The largest absolute Gasteiger partial charge is 0.466 e. The molecule has 2 N–H and O–H groups in total. The van der Waals surface area contributed by atoms with Crippen LogP contribution in [-0.4, -0.2) is 30.9 Å². The van der Waals surface area contributed by atoms with Crippen molar-refractivity contribution in [3.05, 3.63) is 56.6 Å². The Morgan fingerprint density at radius 1 is 1.46 bits per heavy atom. The van der Waals surface area contributed by atoms with Gasteiger partial charge in [-0.1, -0.05) is 22.0 Å². The summed E-state index contributed by atoms with van der Waals surface area (Å²) in [7, 11) is 1.29. The van der Waals surface area contributed by atoms with Gasteiger partial charge in [0.05, 0.1) is 35.2 Å². The van der Waals surface area contributed by atoms with Crippen LogP contribution in [0.5, 0.6) is 0 Å². The molecule has 1 amide bonds. The Hall–Kier alpha value is -1.67. The zero-order valence-corrected chi connectivity index (χ0v) is 15.8. The number of esters is 1.